The van der Waals surface area contributed by atoms with Gasteiger partial charge in [0.2, 0.25) is 12.7 Å². The number of aromatic nitrogens is 1. The van der Waals surface area contributed by atoms with Gasteiger partial charge in [-0.05, 0) is 47.7 Å². The molecule has 2 aromatic carbocycles. The minimum atomic E-state index is -0.169. The Balaban J connectivity index is 1.62. The van der Waals surface area contributed by atoms with Gasteiger partial charge < -0.3 is 19.4 Å². The highest BCUT2D eigenvalue weighted by Gasteiger charge is 2.18. The van der Waals surface area contributed by atoms with Crippen LogP contribution in [-0.4, -0.2) is 22.6 Å². The summed E-state index contributed by atoms with van der Waals surface area (Å²) in [5.74, 6) is 1.37. The molecule has 0 aliphatic carbocycles. The van der Waals surface area contributed by atoms with Gasteiger partial charge in [0.1, 0.15) is 0 Å². The van der Waals surface area contributed by atoms with E-state index in [0.29, 0.717) is 30.0 Å². The summed E-state index contributed by atoms with van der Waals surface area (Å²) in [5.41, 5.74) is 3.22. The van der Waals surface area contributed by atoms with Crippen molar-refractivity contribution < 1.29 is 14.3 Å². The Morgan fingerprint density at radius 1 is 1.07 bits per heavy atom. The molecule has 0 bridgehead atoms. The highest BCUT2D eigenvalue weighted by molar-refractivity contribution is 5.80. The molecule has 6 heteroatoms. The van der Waals surface area contributed by atoms with Gasteiger partial charge in [-0.3, -0.25) is 9.59 Å². The lowest BCUT2D eigenvalue weighted by Crippen LogP contribution is -2.31. The molecule has 2 heterocycles. The number of carbonyl (C=O) groups is 1. The van der Waals surface area contributed by atoms with E-state index >= 15 is 0 Å². The van der Waals surface area contributed by atoms with Crippen LogP contribution in [0.5, 0.6) is 11.5 Å². The molecule has 4 rings (SSSR count). The first kappa shape index (κ1) is 18.1. The summed E-state index contributed by atoms with van der Waals surface area (Å²) in [6.45, 7) is 4.67. The number of hydrogen-bond donors (Lipinski definition) is 1. The zero-order valence-corrected chi connectivity index (χ0v) is 16.0. The fraction of sp³-hybridized carbons (Fsp3) is 0.273. The molecule has 0 fully saturated rings. The number of aryl methyl sites for hydroxylation is 1. The second-order valence-corrected chi connectivity index (χ2v) is 7.01. The minimum Gasteiger partial charge on any atom is -0.454 e. The molecule has 0 atom stereocenters. The summed E-state index contributed by atoms with van der Waals surface area (Å²) in [4.78, 5) is 29.7. The molecule has 0 unspecified atom stereocenters. The summed E-state index contributed by atoms with van der Waals surface area (Å²) in [7, 11) is 0. The first-order valence-electron chi connectivity index (χ1n) is 9.32. The fourth-order valence-electron chi connectivity index (χ4n) is 3.40. The SMILES string of the molecule is CCC(=O)N(Cc1ccc2c(c1)OCO2)Cc1cc2ccc(C)cc2[nH]c1=O. The van der Waals surface area contributed by atoms with Gasteiger partial charge >= 0.3 is 0 Å². The summed E-state index contributed by atoms with van der Waals surface area (Å²) < 4.78 is 10.8. The molecule has 1 amide bonds. The van der Waals surface area contributed by atoms with Crippen molar-refractivity contribution in [1.82, 2.24) is 9.88 Å². The lowest BCUT2D eigenvalue weighted by Gasteiger charge is -2.22. The van der Waals surface area contributed by atoms with Gasteiger partial charge in [0.25, 0.3) is 5.56 Å². The fourth-order valence-corrected chi connectivity index (χ4v) is 3.40. The third-order valence-corrected chi connectivity index (χ3v) is 4.91. The number of benzene rings is 2. The van der Waals surface area contributed by atoms with Gasteiger partial charge in [-0.25, -0.2) is 0 Å². The number of hydrogen-bond acceptors (Lipinski definition) is 4. The van der Waals surface area contributed by atoms with Crippen molar-refractivity contribution in [3.63, 3.8) is 0 Å². The molecule has 1 aromatic heterocycles. The number of rotatable bonds is 5. The first-order valence-corrected chi connectivity index (χ1v) is 9.32. The van der Waals surface area contributed by atoms with Crippen LogP contribution in [0.4, 0.5) is 0 Å². The van der Waals surface area contributed by atoms with E-state index in [9.17, 15) is 9.59 Å². The van der Waals surface area contributed by atoms with Crippen LogP contribution in [0.2, 0.25) is 0 Å². The predicted molar refractivity (Wildman–Crippen MR) is 106 cm³/mol. The van der Waals surface area contributed by atoms with Gasteiger partial charge in [0, 0.05) is 24.0 Å². The summed E-state index contributed by atoms with van der Waals surface area (Å²) in [6.07, 6.45) is 0.370. The maximum Gasteiger partial charge on any atom is 0.253 e. The number of aromatic amines is 1. The summed E-state index contributed by atoms with van der Waals surface area (Å²) in [6, 6.07) is 13.4. The van der Waals surface area contributed by atoms with Crippen molar-refractivity contribution in [2.45, 2.75) is 33.4 Å². The Morgan fingerprint density at radius 3 is 2.71 bits per heavy atom. The molecule has 1 N–H and O–H groups in total. The standard InChI is InChI=1S/C22H22N2O4/c1-3-21(25)24(11-15-5-7-19-20(9-15)28-13-27-19)12-17-10-16-6-4-14(2)8-18(16)23-22(17)26/h4-10H,3,11-13H2,1-2H3,(H,23,26). The quantitative estimate of drug-likeness (QED) is 0.738. The lowest BCUT2D eigenvalue weighted by molar-refractivity contribution is -0.132. The maximum atomic E-state index is 12.6. The average molecular weight is 378 g/mol. The number of nitrogens with zero attached hydrogens (tertiary/aromatic N) is 1. The maximum absolute atomic E-state index is 12.6. The molecule has 0 saturated carbocycles. The Hall–Kier alpha value is -3.28. The Kier molecular flexibility index (Phi) is 4.77. The van der Waals surface area contributed by atoms with Crippen LogP contribution in [0.1, 0.15) is 30.0 Å². The number of pyridine rings is 1. The van der Waals surface area contributed by atoms with E-state index in [1.165, 1.54) is 0 Å². The highest BCUT2D eigenvalue weighted by atomic mass is 16.7. The summed E-state index contributed by atoms with van der Waals surface area (Å²) >= 11 is 0. The van der Waals surface area contributed by atoms with Gasteiger partial charge in [-0.1, -0.05) is 25.1 Å². The van der Waals surface area contributed by atoms with Crippen LogP contribution in [-0.2, 0) is 17.9 Å². The second kappa shape index (κ2) is 7.38. The third kappa shape index (κ3) is 3.58. The van der Waals surface area contributed by atoms with E-state index in [-0.39, 0.29) is 24.8 Å². The van der Waals surface area contributed by atoms with Crippen LogP contribution < -0.4 is 15.0 Å². The number of carbonyl (C=O) groups excluding carboxylic acids is 1. The first-order chi connectivity index (χ1) is 13.5. The smallest absolute Gasteiger partial charge is 0.253 e. The van der Waals surface area contributed by atoms with E-state index in [1.807, 2.05) is 56.3 Å². The second-order valence-electron chi connectivity index (χ2n) is 7.01. The van der Waals surface area contributed by atoms with E-state index < -0.39 is 0 Å². The van der Waals surface area contributed by atoms with Crippen LogP contribution in [0.15, 0.2) is 47.3 Å². The molecular formula is C22H22N2O4. The zero-order valence-electron chi connectivity index (χ0n) is 16.0. The largest absolute Gasteiger partial charge is 0.454 e. The van der Waals surface area contributed by atoms with Crippen molar-refractivity contribution >= 4 is 16.8 Å². The Labute approximate surface area is 162 Å². The van der Waals surface area contributed by atoms with Gasteiger partial charge in [-0.2, -0.15) is 0 Å². The zero-order chi connectivity index (χ0) is 19.7. The number of ether oxygens (including phenoxy) is 2. The number of nitrogens with one attached hydrogen (secondary N) is 1. The van der Waals surface area contributed by atoms with E-state index in [2.05, 4.69) is 4.98 Å². The molecular weight excluding hydrogens is 356 g/mol. The summed E-state index contributed by atoms with van der Waals surface area (Å²) in [5, 5.41) is 0.951. The van der Waals surface area contributed by atoms with Crippen molar-refractivity contribution in [1.29, 1.82) is 0 Å². The molecule has 1 aliphatic rings. The van der Waals surface area contributed by atoms with Crippen molar-refractivity contribution in [2.24, 2.45) is 0 Å². The molecule has 6 nitrogen and oxygen atoms in total. The van der Waals surface area contributed by atoms with Gasteiger partial charge in [-0.15, -0.1) is 0 Å². The van der Waals surface area contributed by atoms with Crippen LogP contribution in [0.3, 0.4) is 0 Å². The van der Waals surface area contributed by atoms with Gasteiger partial charge in [0.05, 0.1) is 6.54 Å². The molecule has 3 aromatic rings. The molecule has 0 saturated heterocycles. The molecule has 144 valence electrons. The number of amides is 1. The number of H-pyrrole nitrogens is 1. The normalized spacial score (nSPS) is 12.4. The highest BCUT2D eigenvalue weighted by Crippen LogP contribution is 2.33. The molecule has 1 aliphatic heterocycles. The van der Waals surface area contributed by atoms with Gasteiger partial charge in [0.15, 0.2) is 11.5 Å². The van der Waals surface area contributed by atoms with E-state index in [0.717, 1.165) is 22.0 Å². The predicted octanol–water partition coefficient (Wildman–Crippen LogP) is 3.50. The van der Waals surface area contributed by atoms with Crippen molar-refractivity contribution in [3.8, 4) is 11.5 Å². The van der Waals surface area contributed by atoms with Crippen LogP contribution in [0.25, 0.3) is 10.9 Å². The Morgan fingerprint density at radius 2 is 1.89 bits per heavy atom. The lowest BCUT2D eigenvalue weighted by atomic mass is 10.1. The van der Waals surface area contributed by atoms with E-state index in [1.54, 1.807) is 4.90 Å². The topological polar surface area (TPSA) is 71.6 Å². The molecule has 0 radical (unpaired) electrons. The Bertz CT molecular complexity index is 1100. The molecule has 28 heavy (non-hydrogen) atoms. The van der Waals surface area contributed by atoms with Crippen molar-refractivity contribution in [3.05, 3.63) is 69.5 Å². The van der Waals surface area contributed by atoms with Crippen LogP contribution >= 0.6 is 0 Å². The van der Waals surface area contributed by atoms with E-state index in [4.69, 9.17) is 9.47 Å². The number of fused-ring (bicyclic) bond motifs is 2. The van der Waals surface area contributed by atoms with Crippen LogP contribution in [0, 0.1) is 6.92 Å². The van der Waals surface area contributed by atoms with Crippen molar-refractivity contribution in [2.75, 3.05) is 6.79 Å². The minimum absolute atomic E-state index is 0.0129. The third-order valence-electron chi connectivity index (χ3n) is 4.91. The average Bonchev–Trinajstić information content (AvgIpc) is 3.15. The monoisotopic (exact) mass is 378 g/mol. The molecule has 0 spiro atoms.